The molecule has 1 saturated carbocycles. The van der Waals surface area contributed by atoms with Gasteiger partial charge in [-0.05, 0) is 37.0 Å². The first kappa shape index (κ1) is 17.6. The summed E-state index contributed by atoms with van der Waals surface area (Å²) in [5.74, 6) is 1.50. The Bertz CT molecular complexity index is 482. The zero-order valence-corrected chi connectivity index (χ0v) is 13.2. The van der Waals surface area contributed by atoms with Crippen LogP contribution in [0.25, 0.3) is 0 Å². The van der Waals surface area contributed by atoms with Gasteiger partial charge < -0.3 is 20.5 Å². The molecule has 2 atom stereocenters. The summed E-state index contributed by atoms with van der Waals surface area (Å²) >= 11 is 0. The molecular formula is C15H23ClN2O3. The van der Waals surface area contributed by atoms with Crippen LogP contribution in [0.4, 0.5) is 0 Å². The summed E-state index contributed by atoms with van der Waals surface area (Å²) < 4.78 is 10.4. The fourth-order valence-electron chi connectivity index (χ4n) is 2.58. The van der Waals surface area contributed by atoms with Crippen molar-refractivity contribution in [1.82, 2.24) is 5.32 Å². The van der Waals surface area contributed by atoms with Crippen molar-refractivity contribution in [3.8, 4) is 11.5 Å². The third kappa shape index (κ3) is 4.51. The second-order valence-corrected chi connectivity index (χ2v) is 5.18. The number of methoxy groups -OCH3 is 2. The van der Waals surface area contributed by atoms with E-state index < -0.39 is 0 Å². The van der Waals surface area contributed by atoms with Crippen LogP contribution in [0.2, 0.25) is 0 Å². The number of rotatable bonds is 5. The van der Waals surface area contributed by atoms with Crippen molar-refractivity contribution in [2.45, 2.75) is 31.8 Å². The van der Waals surface area contributed by atoms with E-state index in [9.17, 15) is 4.79 Å². The highest BCUT2D eigenvalue weighted by Crippen LogP contribution is 2.28. The Labute approximate surface area is 131 Å². The molecule has 2 rings (SSSR count). The molecule has 0 aromatic heterocycles. The molecule has 0 heterocycles. The monoisotopic (exact) mass is 314 g/mol. The van der Waals surface area contributed by atoms with Crippen molar-refractivity contribution in [1.29, 1.82) is 0 Å². The van der Waals surface area contributed by atoms with E-state index in [4.69, 9.17) is 15.2 Å². The van der Waals surface area contributed by atoms with Gasteiger partial charge in [0.15, 0.2) is 11.5 Å². The summed E-state index contributed by atoms with van der Waals surface area (Å²) in [4.78, 5) is 12.0. The van der Waals surface area contributed by atoms with Crippen molar-refractivity contribution in [3.63, 3.8) is 0 Å². The Kier molecular flexibility index (Phi) is 6.78. The molecule has 118 valence electrons. The Morgan fingerprint density at radius 1 is 1.29 bits per heavy atom. The molecule has 0 saturated heterocycles. The average Bonchev–Trinajstić information content (AvgIpc) is 2.91. The van der Waals surface area contributed by atoms with E-state index in [1.165, 1.54) is 0 Å². The second-order valence-electron chi connectivity index (χ2n) is 5.18. The SMILES string of the molecule is COc1ccc(CNC(=O)C2CCC(N)C2)cc1OC.Cl. The second kappa shape index (κ2) is 8.10. The Morgan fingerprint density at radius 2 is 2.00 bits per heavy atom. The molecule has 2 unspecified atom stereocenters. The third-order valence-electron chi connectivity index (χ3n) is 3.76. The molecule has 1 aliphatic rings. The number of benzene rings is 1. The molecule has 1 aliphatic carbocycles. The van der Waals surface area contributed by atoms with E-state index >= 15 is 0 Å². The smallest absolute Gasteiger partial charge is 0.223 e. The Balaban J connectivity index is 0.00000220. The maximum absolute atomic E-state index is 12.0. The predicted octanol–water partition coefficient (Wildman–Crippen LogP) is 1.87. The first-order chi connectivity index (χ1) is 9.63. The highest BCUT2D eigenvalue weighted by molar-refractivity contribution is 5.85. The Hall–Kier alpha value is -1.46. The Morgan fingerprint density at radius 3 is 2.57 bits per heavy atom. The van der Waals surface area contributed by atoms with Gasteiger partial charge in [0.1, 0.15) is 0 Å². The number of nitrogens with one attached hydrogen (secondary N) is 1. The number of halogens is 1. The van der Waals surface area contributed by atoms with Gasteiger partial charge in [-0.25, -0.2) is 0 Å². The summed E-state index contributed by atoms with van der Waals surface area (Å²) in [6.45, 7) is 0.491. The van der Waals surface area contributed by atoms with Gasteiger partial charge in [-0.2, -0.15) is 0 Å². The summed E-state index contributed by atoms with van der Waals surface area (Å²) in [6, 6.07) is 5.81. The fraction of sp³-hybridized carbons (Fsp3) is 0.533. The standard InChI is InChI=1S/C15H22N2O3.ClH/c1-19-13-6-3-10(7-14(13)20-2)9-17-15(18)11-4-5-12(16)8-11;/h3,6-7,11-12H,4-5,8-9,16H2,1-2H3,(H,17,18);1H. The van der Waals surface area contributed by atoms with Gasteiger partial charge in [0.2, 0.25) is 5.91 Å². The zero-order chi connectivity index (χ0) is 14.5. The molecule has 0 bridgehead atoms. The lowest BCUT2D eigenvalue weighted by Gasteiger charge is -2.12. The molecule has 0 aliphatic heterocycles. The minimum atomic E-state index is 0. The van der Waals surface area contributed by atoms with Gasteiger partial charge >= 0.3 is 0 Å². The van der Waals surface area contributed by atoms with Crippen molar-refractivity contribution >= 4 is 18.3 Å². The van der Waals surface area contributed by atoms with Crippen molar-refractivity contribution < 1.29 is 14.3 Å². The minimum absolute atomic E-state index is 0. The lowest BCUT2D eigenvalue weighted by molar-refractivity contribution is -0.125. The average molecular weight is 315 g/mol. The van der Waals surface area contributed by atoms with Crippen LogP contribution in [0.5, 0.6) is 11.5 Å². The van der Waals surface area contributed by atoms with Crippen LogP contribution in [0.3, 0.4) is 0 Å². The third-order valence-corrected chi connectivity index (χ3v) is 3.76. The van der Waals surface area contributed by atoms with Crippen LogP contribution in [-0.2, 0) is 11.3 Å². The topological polar surface area (TPSA) is 73.6 Å². The fourth-order valence-corrected chi connectivity index (χ4v) is 2.58. The summed E-state index contributed by atoms with van der Waals surface area (Å²) in [7, 11) is 3.20. The highest BCUT2D eigenvalue weighted by atomic mass is 35.5. The molecule has 1 fully saturated rings. The molecule has 21 heavy (non-hydrogen) atoms. The molecule has 3 N–H and O–H groups in total. The number of hydrogen-bond donors (Lipinski definition) is 2. The van der Waals surface area contributed by atoms with Crippen LogP contribution in [-0.4, -0.2) is 26.2 Å². The molecule has 5 nitrogen and oxygen atoms in total. The minimum Gasteiger partial charge on any atom is -0.493 e. The van der Waals surface area contributed by atoms with Crippen LogP contribution >= 0.6 is 12.4 Å². The quantitative estimate of drug-likeness (QED) is 0.870. The van der Waals surface area contributed by atoms with Crippen molar-refractivity contribution in [2.75, 3.05) is 14.2 Å². The van der Waals surface area contributed by atoms with Crippen molar-refractivity contribution in [3.05, 3.63) is 23.8 Å². The lowest BCUT2D eigenvalue weighted by Crippen LogP contribution is -2.30. The molecule has 0 spiro atoms. The van der Waals surface area contributed by atoms with E-state index in [1.807, 2.05) is 18.2 Å². The number of ether oxygens (including phenoxy) is 2. The largest absolute Gasteiger partial charge is 0.493 e. The van der Waals surface area contributed by atoms with Crippen molar-refractivity contribution in [2.24, 2.45) is 11.7 Å². The van der Waals surface area contributed by atoms with Gasteiger partial charge in [0.25, 0.3) is 0 Å². The van der Waals surface area contributed by atoms with E-state index in [0.29, 0.717) is 18.0 Å². The lowest BCUT2D eigenvalue weighted by atomic mass is 10.1. The zero-order valence-electron chi connectivity index (χ0n) is 12.4. The molecule has 1 amide bonds. The maximum atomic E-state index is 12.0. The van der Waals surface area contributed by atoms with Gasteiger partial charge in [0, 0.05) is 18.5 Å². The normalized spacial score (nSPS) is 20.5. The van der Waals surface area contributed by atoms with Gasteiger partial charge in [0.05, 0.1) is 14.2 Å². The molecule has 1 aromatic rings. The number of carbonyl (C=O) groups is 1. The van der Waals surface area contributed by atoms with Gasteiger partial charge in [-0.15, -0.1) is 12.4 Å². The predicted molar refractivity (Wildman–Crippen MR) is 84.0 cm³/mol. The van der Waals surface area contributed by atoms with E-state index in [0.717, 1.165) is 24.8 Å². The molecule has 6 heteroatoms. The van der Waals surface area contributed by atoms with Crippen LogP contribution in [0, 0.1) is 5.92 Å². The number of hydrogen-bond acceptors (Lipinski definition) is 4. The first-order valence-electron chi connectivity index (χ1n) is 6.88. The first-order valence-corrected chi connectivity index (χ1v) is 6.88. The number of carbonyl (C=O) groups excluding carboxylic acids is 1. The summed E-state index contributed by atoms with van der Waals surface area (Å²) in [5, 5.41) is 2.96. The van der Waals surface area contributed by atoms with Crippen LogP contribution in [0.1, 0.15) is 24.8 Å². The molecule has 1 aromatic carbocycles. The van der Waals surface area contributed by atoms with E-state index in [2.05, 4.69) is 5.32 Å². The summed E-state index contributed by atoms with van der Waals surface area (Å²) in [6.07, 6.45) is 2.62. The highest BCUT2D eigenvalue weighted by Gasteiger charge is 2.27. The number of nitrogens with two attached hydrogens (primary N) is 1. The van der Waals surface area contributed by atoms with Gasteiger partial charge in [-0.3, -0.25) is 4.79 Å². The summed E-state index contributed by atoms with van der Waals surface area (Å²) in [5.41, 5.74) is 6.81. The van der Waals surface area contributed by atoms with Crippen LogP contribution < -0.4 is 20.5 Å². The van der Waals surface area contributed by atoms with Crippen LogP contribution in [0.15, 0.2) is 18.2 Å². The maximum Gasteiger partial charge on any atom is 0.223 e. The van der Waals surface area contributed by atoms with E-state index in [-0.39, 0.29) is 30.3 Å². The van der Waals surface area contributed by atoms with E-state index in [1.54, 1.807) is 14.2 Å². The molecular weight excluding hydrogens is 292 g/mol. The molecule has 0 radical (unpaired) electrons. The number of amides is 1. The van der Waals surface area contributed by atoms with Gasteiger partial charge in [-0.1, -0.05) is 6.07 Å².